The first-order chi connectivity index (χ1) is 18.5. The molecule has 38 heavy (non-hydrogen) atoms. The summed E-state index contributed by atoms with van der Waals surface area (Å²) in [7, 11) is 2.96. The van der Waals surface area contributed by atoms with Crippen LogP contribution < -0.4 is 28.4 Å². The van der Waals surface area contributed by atoms with Crippen LogP contribution in [0.2, 0.25) is 0 Å². The number of likely N-dealkylation sites (tertiary alicyclic amines) is 2. The zero-order valence-electron chi connectivity index (χ0n) is 21.2. The number of hydrogen-bond donors (Lipinski definition) is 1. The zero-order valence-corrected chi connectivity index (χ0v) is 21.2. The van der Waals surface area contributed by atoms with Crippen molar-refractivity contribution in [1.82, 2.24) is 9.80 Å². The van der Waals surface area contributed by atoms with E-state index >= 15 is 0 Å². The number of methoxy groups -OCH3 is 2. The van der Waals surface area contributed by atoms with Crippen LogP contribution in [0.1, 0.15) is 30.0 Å². The third-order valence-electron chi connectivity index (χ3n) is 7.35. The first-order valence-electron chi connectivity index (χ1n) is 12.5. The normalized spacial score (nSPS) is 21.4. The molecule has 0 spiro atoms. The summed E-state index contributed by atoms with van der Waals surface area (Å²) >= 11 is 0. The molecule has 4 aliphatic rings. The van der Waals surface area contributed by atoms with Gasteiger partial charge in [-0.1, -0.05) is 0 Å². The molecule has 1 atom stereocenters. The van der Waals surface area contributed by atoms with Gasteiger partial charge in [-0.05, 0) is 50.2 Å². The molecule has 4 heterocycles. The Balaban J connectivity index is 1.51. The fraction of sp³-hybridized carbons (Fsp3) is 0.407. The fourth-order valence-corrected chi connectivity index (χ4v) is 5.49. The van der Waals surface area contributed by atoms with E-state index in [1.165, 1.54) is 19.1 Å². The highest BCUT2D eigenvalue weighted by Gasteiger charge is 2.48. The van der Waals surface area contributed by atoms with Gasteiger partial charge in [0.2, 0.25) is 25.1 Å². The van der Waals surface area contributed by atoms with E-state index < -0.39 is 17.7 Å². The second-order valence-corrected chi connectivity index (χ2v) is 9.38. The number of ether oxygens (including phenoxy) is 6. The van der Waals surface area contributed by atoms with E-state index in [1.54, 1.807) is 24.3 Å². The number of rotatable bonds is 7. The summed E-state index contributed by atoms with van der Waals surface area (Å²) in [5, 5.41) is 11.5. The lowest BCUT2D eigenvalue weighted by atomic mass is 9.93. The molecule has 0 bridgehead atoms. The summed E-state index contributed by atoms with van der Waals surface area (Å²) in [6.45, 7) is 2.79. The Morgan fingerprint density at radius 1 is 0.947 bits per heavy atom. The van der Waals surface area contributed by atoms with Crippen LogP contribution in [-0.4, -0.2) is 80.6 Å². The number of Topliss-reactive ketones (excluding diaryl/α,β-unsaturated/α-hetero) is 1. The second kappa shape index (κ2) is 9.64. The molecule has 1 N–H and O–H groups in total. The van der Waals surface area contributed by atoms with Gasteiger partial charge in [-0.2, -0.15) is 0 Å². The van der Waals surface area contributed by atoms with Gasteiger partial charge >= 0.3 is 0 Å². The lowest BCUT2D eigenvalue weighted by molar-refractivity contribution is -0.140. The van der Waals surface area contributed by atoms with Crippen LogP contribution >= 0.6 is 0 Å². The molecule has 2 aromatic carbocycles. The minimum atomic E-state index is -0.957. The number of carbonyl (C=O) groups excluding carboxylic acids is 2. The maximum atomic E-state index is 13.5. The van der Waals surface area contributed by atoms with Gasteiger partial charge in [-0.25, -0.2) is 0 Å². The maximum absolute atomic E-state index is 13.5. The average Bonchev–Trinajstić information content (AvgIpc) is 3.74. The van der Waals surface area contributed by atoms with E-state index in [-0.39, 0.29) is 31.5 Å². The van der Waals surface area contributed by atoms with Crippen molar-refractivity contribution < 1.29 is 43.1 Å². The molecular weight excluding hydrogens is 496 g/mol. The Kier molecular flexibility index (Phi) is 6.15. The van der Waals surface area contributed by atoms with Gasteiger partial charge in [0.05, 0.1) is 25.8 Å². The van der Waals surface area contributed by atoms with Crippen molar-refractivity contribution in [2.75, 3.05) is 54.0 Å². The lowest BCUT2D eigenvalue weighted by Gasteiger charge is -2.29. The van der Waals surface area contributed by atoms with Gasteiger partial charge < -0.3 is 43.3 Å². The SMILES string of the molecule is COc1cc(C2/C(=C(\O)c3ccc4c(c3)OCO4)C(=O)C(=O)N2CCN2CCCC2)c(OC)c2c1OCO2. The Bertz CT molecular complexity index is 1330. The van der Waals surface area contributed by atoms with Crippen LogP contribution in [0.15, 0.2) is 29.8 Å². The molecular formula is C27H28N2O9. The molecule has 1 amide bonds. The molecule has 200 valence electrons. The van der Waals surface area contributed by atoms with Gasteiger partial charge in [-0.15, -0.1) is 0 Å². The molecule has 4 aliphatic heterocycles. The van der Waals surface area contributed by atoms with E-state index in [9.17, 15) is 14.7 Å². The summed E-state index contributed by atoms with van der Waals surface area (Å²) in [5.74, 6) is 0.513. The van der Waals surface area contributed by atoms with Crippen molar-refractivity contribution >= 4 is 17.4 Å². The number of hydrogen-bond acceptors (Lipinski definition) is 10. The third-order valence-corrected chi connectivity index (χ3v) is 7.35. The quantitative estimate of drug-likeness (QED) is 0.329. The maximum Gasteiger partial charge on any atom is 0.295 e. The minimum Gasteiger partial charge on any atom is -0.507 e. The highest BCUT2D eigenvalue weighted by molar-refractivity contribution is 6.46. The Hall–Kier alpha value is -4.12. The van der Waals surface area contributed by atoms with Crippen molar-refractivity contribution in [1.29, 1.82) is 0 Å². The van der Waals surface area contributed by atoms with Crippen LogP contribution in [0.3, 0.4) is 0 Å². The Morgan fingerprint density at radius 3 is 2.45 bits per heavy atom. The number of nitrogens with zero attached hydrogens (tertiary/aromatic N) is 2. The van der Waals surface area contributed by atoms with E-state index in [1.807, 2.05) is 0 Å². The van der Waals surface area contributed by atoms with Crippen LogP contribution in [0.5, 0.6) is 34.5 Å². The molecule has 11 nitrogen and oxygen atoms in total. The van der Waals surface area contributed by atoms with Gasteiger partial charge in [0.15, 0.2) is 23.0 Å². The van der Waals surface area contributed by atoms with E-state index in [0.29, 0.717) is 52.2 Å². The van der Waals surface area contributed by atoms with Crippen LogP contribution in [0.25, 0.3) is 5.76 Å². The average molecular weight is 525 g/mol. The molecule has 2 saturated heterocycles. The topological polar surface area (TPSA) is 116 Å². The number of ketones is 1. The molecule has 2 fully saturated rings. The largest absolute Gasteiger partial charge is 0.507 e. The Morgan fingerprint density at radius 2 is 1.68 bits per heavy atom. The fourth-order valence-electron chi connectivity index (χ4n) is 5.49. The highest BCUT2D eigenvalue weighted by Crippen LogP contribution is 2.54. The van der Waals surface area contributed by atoms with E-state index in [4.69, 9.17) is 28.4 Å². The number of benzene rings is 2. The summed E-state index contributed by atoms with van der Waals surface area (Å²) < 4.78 is 33.4. The smallest absolute Gasteiger partial charge is 0.295 e. The van der Waals surface area contributed by atoms with Gasteiger partial charge in [-0.3, -0.25) is 9.59 Å². The highest BCUT2D eigenvalue weighted by atomic mass is 16.7. The molecule has 6 rings (SSSR count). The summed E-state index contributed by atoms with van der Waals surface area (Å²) in [5.41, 5.74) is 0.703. The number of carbonyl (C=O) groups is 2. The molecule has 0 saturated carbocycles. The number of amides is 1. The van der Waals surface area contributed by atoms with Gasteiger partial charge in [0.1, 0.15) is 5.76 Å². The third kappa shape index (κ3) is 3.85. The molecule has 0 aromatic heterocycles. The predicted molar refractivity (Wildman–Crippen MR) is 133 cm³/mol. The van der Waals surface area contributed by atoms with Crippen LogP contribution in [-0.2, 0) is 9.59 Å². The van der Waals surface area contributed by atoms with Crippen molar-refractivity contribution in [3.63, 3.8) is 0 Å². The van der Waals surface area contributed by atoms with Crippen molar-refractivity contribution in [3.05, 3.63) is 41.0 Å². The molecule has 0 radical (unpaired) electrons. The molecule has 0 aliphatic carbocycles. The first-order valence-corrected chi connectivity index (χ1v) is 12.5. The van der Waals surface area contributed by atoms with Gasteiger partial charge in [0.25, 0.3) is 11.7 Å². The first kappa shape index (κ1) is 24.2. The second-order valence-electron chi connectivity index (χ2n) is 9.38. The minimum absolute atomic E-state index is 0.0299. The number of fused-ring (bicyclic) bond motifs is 2. The van der Waals surface area contributed by atoms with Crippen LogP contribution in [0.4, 0.5) is 0 Å². The van der Waals surface area contributed by atoms with Crippen molar-refractivity contribution in [2.45, 2.75) is 18.9 Å². The number of aliphatic hydroxyl groups excluding tert-OH is 1. The Labute approximate surface area is 219 Å². The summed E-state index contributed by atoms with van der Waals surface area (Å²) in [4.78, 5) is 30.7. The zero-order chi connectivity index (χ0) is 26.4. The predicted octanol–water partition coefficient (Wildman–Crippen LogP) is 2.68. The molecule has 2 aromatic rings. The van der Waals surface area contributed by atoms with E-state index in [0.717, 1.165) is 25.9 Å². The van der Waals surface area contributed by atoms with Gasteiger partial charge in [0, 0.05) is 24.2 Å². The summed E-state index contributed by atoms with van der Waals surface area (Å²) in [6.07, 6.45) is 2.19. The van der Waals surface area contributed by atoms with Crippen molar-refractivity contribution in [2.24, 2.45) is 0 Å². The standard InChI is InChI=1S/C27H28N2O9/c1-33-19-12-16(24(34-2)26-25(19)37-14-38-26)21-20(22(30)15-5-6-17-18(11-15)36-13-35-17)23(31)27(32)29(21)10-9-28-7-3-4-8-28/h5-6,11-12,21,30H,3-4,7-10,13-14H2,1-2H3/b22-20+. The molecule has 1 unspecified atom stereocenters. The van der Waals surface area contributed by atoms with Crippen LogP contribution in [0, 0.1) is 0 Å². The number of aliphatic hydroxyl groups is 1. The lowest BCUT2D eigenvalue weighted by Crippen LogP contribution is -2.37. The van der Waals surface area contributed by atoms with E-state index in [2.05, 4.69) is 4.90 Å². The monoisotopic (exact) mass is 524 g/mol. The molecule has 11 heteroatoms. The van der Waals surface area contributed by atoms with Crippen molar-refractivity contribution in [3.8, 4) is 34.5 Å². The summed E-state index contributed by atoms with van der Waals surface area (Å²) in [6, 6.07) is 5.57.